The minimum atomic E-state index is -0.0477. The summed E-state index contributed by atoms with van der Waals surface area (Å²) in [5.41, 5.74) is 0. The maximum Gasteiger partial charge on any atom is 0.220 e. The molecule has 1 unspecified atom stereocenters. The first-order chi connectivity index (χ1) is 12.6. The summed E-state index contributed by atoms with van der Waals surface area (Å²) in [5.74, 6) is 2.49. The van der Waals surface area contributed by atoms with Crippen molar-refractivity contribution in [2.45, 2.75) is 30.7 Å². The lowest BCUT2D eigenvalue weighted by Gasteiger charge is -2.15. The van der Waals surface area contributed by atoms with Gasteiger partial charge in [0.15, 0.2) is 0 Å². The van der Waals surface area contributed by atoms with E-state index in [1.807, 2.05) is 55.5 Å². The molecule has 0 saturated carbocycles. The Morgan fingerprint density at radius 2 is 1.77 bits per heavy atom. The second kappa shape index (κ2) is 11.0. The van der Waals surface area contributed by atoms with Crippen LogP contribution in [-0.2, 0) is 4.79 Å². The lowest BCUT2D eigenvalue weighted by atomic mass is 10.3. The number of benzene rings is 2. The van der Waals surface area contributed by atoms with Crippen molar-refractivity contribution in [2.75, 3.05) is 19.5 Å². The van der Waals surface area contributed by atoms with E-state index >= 15 is 0 Å². The van der Waals surface area contributed by atoms with Crippen LogP contribution in [0.1, 0.15) is 19.8 Å². The van der Waals surface area contributed by atoms with Crippen molar-refractivity contribution in [1.82, 2.24) is 5.32 Å². The minimum Gasteiger partial charge on any atom is -0.497 e. The van der Waals surface area contributed by atoms with Crippen molar-refractivity contribution in [3.63, 3.8) is 0 Å². The van der Waals surface area contributed by atoms with Gasteiger partial charge in [-0.15, -0.1) is 11.8 Å². The van der Waals surface area contributed by atoms with Gasteiger partial charge in [-0.3, -0.25) is 4.79 Å². The van der Waals surface area contributed by atoms with E-state index in [1.165, 1.54) is 0 Å². The molecule has 0 aromatic heterocycles. The second-order valence-electron chi connectivity index (χ2n) is 5.86. The van der Waals surface area contributed by atoms with Crippen molar-refractivity contribution in [3.8, 4) is 11.5 Å². The van der Waals surface area contributed by atoms with Crippen LogP contribution in [0, 0.1) is 0 Å². The average Bonchev–Trinajstić information content (AvgIpc) is 2.65. The maximum absolute atomic E-state index is 12.0. The Morgan fingerprint density at radius 1 is 1.12 bits per heavy atom. The molecule has 1 N–H and O–H groups in total. The highest BCUT2D eigenvalue weighted by atomic mass is 35.5. The SMILES string of the molecule is COc1ccc(OCC(C)NC(=O)CCCSc2ccc(Cl)cc2)cc1. The number of hydrogen-bond donors (Lipinski definition) is 1. The Hall–Kier alpha value is -1.85. The van der Waals surface area contributed by atoms with E-state index in [4.69, 9.17) is 21.1 Å². The van der Waals surface area contributed by atoms with Gasteiger partial charge in [-0.05, 0) is 67.6 Å². The molecular weight excluding hydrogens is 370 g/mol. The normalized spacial score (nSPS) is 11.7. The molecule has 0 aliphatic rings. The van der Waals surface area contributed by atoms with Crippen LogP contribution in [0.15, 0.2) is 53.4 Å². The van der Waals surface area contributed by atoms with Gasteiger partial charge in [0.2, 0.25) is 5.91 Å². The van der Waals surface area contributed by atoms with E-state index in [1.54, 1.807) is 18.9 Å². The zero-order valence-corrected chi connectivity index (χ0v) is 16.6. The molecule has 26 heavy (non-hydrogen) atoms. The predicted molar refractivity (Wildman–Crippen MR) is 108 cm³/mol. The molecule has 140 valence electrons. The fraction of sp³-hybridized carbons (Fsp3) is 0.350. The van der Waals surface area contributed by atoms with Gasteiger partial charge in [0.25, 0.3) is 0 Å². The number of amides is 1. The molecule has 2 aromatic rings. The van der Waals surface area contributed by atoms with Gasteiger partial charge in [0.05, 0.1) is 13.2 Å². The average molecular weight is 394 g/mol. The largest absolute Gasteiger partial charge is 0.497 e. The third-order valence-corrected chi connectivity index (χ3v) is 4.95. The molecule has 0 saturated heterocycles. The Morgan fingerprint density at radius 3 is 2.42 bits per heavy atom. The summed E-state index contributed by atoms with van der Waals surface area (Å²) in [4.78, 5) is 13.2. The second-order valence-corrected chi connectivity index (χ2v) is 7.47. The van der Waals surface area contributed by atoms with Crippen LogP contribution in [0.4, 0.5) is 0 Å². The first kappa shape index (κ1) is 20.5. The molecule has 0 radical (unpaired) electrons. The lowest BCUT2D eigenvalue weighted by Crippen LogP contribution is -2.36. The third-order valence-electron chi connectivity index (χ3n) is 3.60. The third kappa shape index (κ3) is 7.58. The summed E-state index contributed by atoms with van der Waals surface area (Å²) in [7, 11) is 1.63. The number of nitrogens with one attached hydrogen (secondary N) is 1. The first-order valence-corrected chi connectivity index (χ1v) is 9.88. The standard InChI is InChI=1S/C20H24ClNO3S/c1-15(14-25-18-9-7-17(24-2)8-10-18)22-20(23)4-3-13-26-19-11-5-16(21)6-12-19/h5-12,15H,3-4,13-14H2,1-2H3,(H,22,23). The number of rotatable bonds is 10. The highest BCUT2D eigenvalue weighted by molar-refractivity contribution is 7.99. The highest BCUT2D eigenvalue weighted by Crippen LogP contribution is 2.21. The lowest BCUT2D eigenvalue weighted by molar-refractivity contribution is -0.121. The molecule has 0 spiro atoms. The Balaban J connectivity index is 1.59. The quantitative estimate of drug-likeness (QED) is 0.465. The molecule has 2 rings (SSSR count). The summed E-state index contributed by atoms with van der Waals surface area (Å²) in [6, 6.07) is 15.1. The number of thioether (sulfide) groups is 1. The molecule has 4 nitrogen and oxygen atoms in total. The summed E-state index contributed by atoms with van der Waals surface area (Å²) >= 11 is 7.59. The number of hydrogen-bond acceptors (Lipinski definition) is 4. The Bertz CT molecular complexity index is 676. The van der Waals surface area contributed by atoms with Gasteiger partial charge in [0, 0.05) is 16.3 Å². The van der Waals surface area contributed by atoms with Gasteiger partial charge < -0.3 is 14.8 Å². The van der Waals surface area contributed by atoms with E-state index < -0.39 is 0 Å². The molecule has 2 aromatic carbocycles. The van der Waals surface area contributed by atoms with Crippen molar-refractivity contribution < 1.29 is 14.3 Å². The van der Waals surface area contributed by atoms with Gasteiger partial charge in [-0.2, -0.15) is 0 Å². The zero-order chi connectivity index (χ0) is 18.8. The number of methoxy groups -OCH3 is 1. The van der Waals surface area contributed by atoms with E-state index in [0.717, 1.165) is 33.6 Å². The predicted octanol–water partition coefficient (Wildman–Crippen LogP) is 4.80. The summed E-state index contributed by atoms with van der Waals surface area (Å²) in [6.45, 7) is 2.36. The monoisotopic (exact) mass is 393 g/mol. The van der Waals surface area contributed by atoms with Crippen molar-refractivity contribution in [1.29, 1.82) is 0 Å². The van der Waals surface area contributed by atoms with Gasteiger partial charge in [-0.1, -0.05) is 11.6 Å². The molecular formula is C20H24ClNO3S. The van der Waals surface area contributed by atoms with E-state index in [0.29, 0.717) is 13.0 Å². The van der Waals surface area contributed by atoms with Crippen molar-refractivity contribution in [2.24, 2.45) is 0 Å². The molecule has 1 atom stereocenters. The zero-order valence-electron chi connectivity index (χ0n) is 15.0. The van der Waals surface area contributed by atoms with Gasteiger partial charge in [0.1, 0.15) is 18.1 Å². The van der Waals surface area contributed by atoms with Gasteiger partial charge >= 0.3 is 0 Å². The maximum atomic E-state index is 12.0. The van der Waals surface area contributed by atoms with Crippen LogP contribution >= 0.6 is 23.4 Å². The van der Waals surface area contributed by atoms with Crippen LogP contribution in [-0.4, -0.2) is 31.4 Å². The molecule has 0 fully saturated rings. The topological polar surface area (TPSA) is 47.6 Å². The smallest absolute Gasteiger partial charge is 0.220 e. The fourth-order valence-electron chi connectivity index (χ4n) is 2.24. The molecule has 0 heterocycles. The Labute approximate surface area is 164 Å². The molecule has 0 bridgehead atoms. The first-order valence-electron chi connectivity index (χ1n) is 8.51. The van der Waals surface area contributed by atoms with Crippen molar-refractivity contribution >= 4 is 29.3 Å². The molecule has 6 heteroatoms. The Kier molecular flexibility index (Phi) is 8.65. The van der Waals surface area contributed by atoms with Gasteiger partial charge in [-0.25, -0.2) is 0 Å². The van der Waals surface area contributed by atoms with Crippen LogP contribution in [0.5, 0.6) is 11.5 Å². The summed E-state index contributed by atoms with van der Waals surface area (Å²) in [6.07, 6.45) is 1.33. The van der Waals surface area contributed by atoms with Crippen LogP contribution in [0.25, 0.3) is 0 Å². The highest BCUT2D eigenvalue weighted by Gasteiger charge is 2.08. The van der Waals surface area contributed by atoms with Crippen LogP contribution in [0.3, 0.4) is 0 Å². The van der Waals surface area contributed by atoms with E-state index in [9.17, 15) is 4.79 Å². The van der Waals surface area contributed by atoms with Crippen molar-refractivity contribution in [3.05, 3.63) is 53.6 Å². The van der Waals surface area contributed by atoms with Crippen LogP contribution in [0.2, 0.25) is 5.02 Å². The molecule has 0 aliphatic carbocycles. The van der Waals surface area contributed by atoms with E-state index in [-0.39, 0.29) is 11.9 Å². The fourth-order valence-corrected chi connectivity index (χ4v) is 3.21. The van der Waals surface area contributed by atoms with Crippen LogP contribution < -0.4 is 14.8 Å². The minimum absolute atomic E-state index is 0.0477. The number of carbonyl (C=O) groups excluding carboxylic acids is 1. The summed E-state index contributed by atoms with van der Waals surface area (Å²) < 4.78 is 10.8. The number of halogens is 1. The molecule has 0 aliphatic heterocycles. The number of ether oxygens (including phenoxy) is 2. The number of carbonyl (C=O) groups is 1. The molecule has 1 amide bonds. The summed E-state index contributed by atoms with van der Waals surface area (Å²) in [5, 5.41) is 3.70. The van der Waals surface area contributed by atoms with E-state index in [2.05, 4.69) is 5.32 Å².